The third-order valence-corrected chi connectivity index (χ3v) is 7.77. The van der Waals surface area contributed by atoms with Gasteiger partial charge in [-0.15, -0.1) is 0 Å². The van der Waals surface area contributed by atoms with Crippen LogP contribution in [0.2, 0.25) is 0 Å². The molecule has 2 atom stereocenters. The normalized spacial score (nSPS) is 17.2. The van der Waals surface area contributed by atoms with E-state index in [-0.39, 0.29) is 12.1 Å². The Hall–Kier alpha value is -3.17. The smallest absolute Gasteiger partial charge is 0.184 e. The van der Waals surface area contributed by atoms with Crippen LogP contribution in [0.25, 0.3) is 0 Å². The van der Waals surface area contributed by atoms with E-state index in [1.165, 1.54) is 44.9 Å². The molecule has 4 rings (SSSR count). The van der Waals surface area contributed by atoms with Crippen LogP contribution < -0.4 is 0 Å². The van der Waals surface area contributed by atoms with Gasteiger partial charge in [-0.2, -0.15) is 0 Å². The van der Waals surface area contributed by atoms with E-state index in [1.807, 2.05) is 0 Å². The molecule has 40 heavy (non-hydrogen) atoms. The van der Waals surface area contributed by atoms with Gasteiger partial charge in [0.25, 0.3) is 0 Å². The van der Waals surface area contributed by atoms with Crippen LogP contribution in [0.4, 0.5) is 0 Å². The molecule has 0 aromatic heterocycles. The number of unbranched alkanes of at least 4 members (excludes halogenated alkanes) is 7. The third-order valence-electron chi connectivity index (χ3n) is 7.77. The van der Waals surface area contributed by atoms with Crippen molar-refractivity contribution in [1.82, 2.24) is 0 Å². The summed E-state index contributed by atoms with van der Waals surface area (Å²) >= 11 is 0. The summed E-state index contributed by atoms with van der Waals surface area (Å²) < 4.78 is 13.6. The molecule has 3 aromatic rings. The molecule has 0 saturated heterocycles. The zero-order chi connectivity index (χ0) is 27.9. The van der Waals surface area contributed by atoms with Crippen molar-refractivity contribution in [3.8, 4) is 0 Å². The summed E-state index contributed by atoms with van der Waals surface area (Å²) in [6, 6.07) is 31.7. The second-order valence-corrected chi connectivity index (χ2v) is 10.9. The number of nitrogens with zero attached hydrogens (tertiary/aromatic N) is 1. The number of hydrogen-bond acceptors (Lipinski definition) is 3. The second kappa shape index (κ2) is 16.2. The lowest BCUT2D eigenvalue weighted by Crippen LogP contribution is -2.37. The van der Waals surface area contributed by atoms with Crippen molar-refractivity contribution >= 4 is 5.90 Å². The molecule has 0 spiro atoms. The summed E-state index contributed by atoms with van der Waals surface area (Å²) in [4.78, 5) is 5.08. The molecule has 0 aliphatic carbocycles. The van der Waals surface area contributed by atoms with Crippen LogP contribution in [0.1, 0.15) is 94.7 Å². The van der Waals surface area contributed by atoms with Gasteiger partial charge in [0.2, 0.25) is 0 Å². The molecule has 0 unspecified atom stereocenters. The van der Waals surface area contributed by atoms with E-state index in [0.717, 1.165) is 41.9 Å². The summed E-state index contributed by atoms with van der Waals surface area (Å²) in [5.41, 5.74) is 2.57. The maximum atomic E-state index is 7.13. The zero-order valence-corrected chi connectivity index (χ0v) is 24.5. The first kappa shape index (κ1) is 29.8. The van der Waals surface area contributed by atoms with E-state index in [0.29, 0.717) is 6.61 Å². The van der Waals surface area contributed by atoms with Gasteiger partial charge in [-0.05, 0) is 42.0 Å². The molecule has 212 valence electrons. The Morgan fingerprint density at radius 3 is 1.77 bits per heavy atom. The van der Waals surface area contributed by atoms with Crippen molar-refractivity contribution in [2.45, 2.75) is 95.8 Å². The van der Waals surface area contributed by atoms with Gasteiger partial charge in [0.15, 0.2) is 5.90 Å². The highest BCUT2D eigenvalue weighted by atomic mass is 16.5. The number of hydrogen-bond donors (Lipinski definition) is 0. The van der Waals surface area contributed by atoms with Crippen LogP contribution in [0, 0.1) is 0 Å². The first-order valence-corrected chi connectivity index (χ1v) is 15.5. The highest BCUT2D eigenvalue weighted by Crippen LogP contribution is 2.41. The average Bonchev–Trinajstić information content (AvgIpc) is 3.40. The Bertz CT molecular complexity index is 1060. The molecule has 3 heteroatoms. The second-order valence-electron chi connectivity index (χ2n) is 10.9. The van der Waals surface area contributed by atoms with Crippen LogP contribution >= 0.6 is 0 Å². The van der Waals surface area contributed by atoms with Gasteiger partial charge in [0, 0.05) is 6.42 Å². The van der Waals surface area contributed by atoms with Gasteiger partial charge in [-0.25, -0.2) is 4.99 Å². The van der Waals surface area contributed by atoms with Gasteiger partial charge in [0.05, 0.1) is 6.61 Å². The SMILES string of the molecule is CCCCCCC/C=C/[C@@H]1OC(CCCCC)=N[C@H]1COC(c1ccccc1)(c1ccccc1)c1ccccc1. The maximum Gasteiger partial charge on any atom is 0.184 e. The minimum Gasteiger partial charge on any atom is -0.471 e. The van der Waals surface area contributed by atoms with E-state index in [4.69, 9.17) is 14.5 Å². The van der Waals surface area contributed by atoms with Crippen molar-refractivity contribution < 1.29 is 9.47 Å². The van der Waals surface area contributed by atoms with Gasteiger partial charge >= 0.3 is 0 Å². The fourth-order valence-corrected chi connectivity index (χ4v) is 5.55. The van der Waals surface area contributed by atoms with E-state index in [1.54, 1.807) is 0 Å². The predicted molar refractivity (Wildman–Crippen MR) is 168 cm³/mol. The largest absolute Gasteiger partial charge is 0.471 e. The molecule has 1 aliphatic rings. The monoisotopic (exact) mass is 537 g/mol. The van der Waals surface area contributed by atoms with Gasteiger partial charge in [0.1, 0.15) is 17.7 Å². The van der Waals surface area contributed by atoms with Crippen molar-refractivity contribution in [3.05, 3.63) is 120 Å². The molecule has 3 aromatic carbocycles. The van der Waals surface area contributed by atoms with Gasteiger partial charge < -0.3 is 9.47 Å². The minimum atomic E-state index is -0.752. The highest BCUT2D eigenvalue weighted by Gasteiger charge is 2.40. The molecule has 1 aliphatic heterocycles. The molecule has 0 radical (unpaired) electrons. The molecule has 3 nitrogen and oxygen atoms in total. The van der Waals surface area contributed by atoms with Crippen LogP contribution in [0.15, 0.2) is 108 Å². The number of ether oxygens (including phenoxy) is 2. The lowest BCUT2D eigenvalue weighted by Gasteiger charge is -2.36. The minimum absolute atomic E-state index is 0.0801. The quantitative estimate of drug-likeness (QED) is 0.0975. The number of aliphatic imine (C=N–C) groups is 1. The van der Waals surface area contributed by atoms with Crippen LogP contribution in [0.5, 0.6) is 0 Å². The Balaban J connectivity index is 1.60. The van der Waals surface area contributed by atoms with Gasteiger partial charge in [-0.3, -0.25) is 0 Å². The standard InChI is InChI=1S/C37H47NO2/c1-3-5-7-8-9-10-21-28-35-34(38-36(40-35)29-14-6-4-2)30-39-37(31-22-15-11-16-23-31,32-24-17-12-18-25-32)33-26-19-13-20-27-33/h11-13,15-28,34-35H,3-10,14,29-30H2,1-2H3/b28-21+/t34-,35-/m0/s1. The fraction of sp³-hybridized carbons (Fsp3) is 0.432. The Morgan fingerprint density at radius 1 is 0.700 bits per heavy atom. The average molecular weight is 538 g/mol. The van der Waals surface area contributed by atoms with E-state index in [2.05, 4.69) is 117 Å². The van der Waals surface area contributed by atoms with Gasteiger partial charge in [-0.1, -0.05) is 149 Å². The first-order valence-electron chi connectivity index (χ1n) is 15.5. The summed E-state index contributed by atoms with van der Waals surface area (Å²) in [6.45, 7) is 4.96. The molecule has 1 heterocycles. The summed E-state index contributed by atoms with van der Waals surface area (Å²) in [5, 5.41) is 0. The molecule has 0 amide bonds. The van der Waals surface area contributed by atoms with Crippen molar-refractivity contribution in [2.24, 2.45) is 4.99 Å². The first-order chi connectivity index (χ1) is 19.8. The van der Waals surface area contributed by atoms with E-state index < -0.39 is 5.60 Å². The Morgan fingerprint density at radius 2 is 1.23 bits per heavy atom. The van der Waals surface area contributed by atoms with Crippen molar-refractivity contribution in [2.75, 3.05) is 6.61 Å². The Labute approximate surface area is 242 Å². The topological polar surface area (TPSA) is 30.8 Å². The third kappa shape index (κ3) is 7.95. The van der Waals surface area contributed by atoms with Crippen LogP contribution in [-0.2, 0) is 15.1 Å². The number of benzene rings is 3. The lowest BCUT2D eigenvalue weighted by atomic mass is 9.80. The predicted octanol–water partition coefficient (Wildman–Crippen LogP) is 9.66. The number of rotatable bonds is 17. The summed E-state index contributed by atoms with van der Waals surface area (Å²) in [6.07, 6.45) is 16.4. The zero-order valence-electron chi connectivity index (χ0n) is 24.5. The van der Waals surface area contributed by atoms with E-state index >= 15 is 0 Å². The molecule has 0 N–H and O–H groups in total. The number of allylic oxidation sites excluding steroid dienone is 1. The van der Waals surface area contributed by atoms with Crippen molar-refractivity contribution in [1.29, 1.82) is 0 Å². The van der Waals surface area contributed by atoms with Crippen LogP contribution in [0.3, 0.4) is 0 Å². The molecular weight excluding hydrogens is 490 g/mol. The summed E-state index contributed by atoms with van der Waals surface area (Å²) in [7, 11) is 0. The molecule has 0 bridgehead atoms. The Kier molecular flexibility index (Phi) is 12.1. The lowest BCUT2D eigenvalue weighted by molar-refractivity contribution is -0.00265. The fourth-order valence-electron chi connectivity index (χ4n) is 5.55. The molecule has 0 saturated carbocycles. The van der Waals surface area contributed by atoms with Crippen LogP contribution in [-0.4, -0.2) is 24.7 Å². The molecule has 0 fully saturated rings. The molecular formula is C37H47NO2. The maximum absolute atomic E-state index is 7.13. The van der Waals surface area contributed by atoms with Crippen molar-refractivity contribution in [3.63, 3.8) is 0 Å². The van der Waals surface area contributed by atoms with E-state index in [9.17, 15) is 0 Å². The summed E-state index contributed by atoms with van der Waals surface area (Å²) in [5.74, 6) is 0.879. The highest BCUT2D eigenvalue weighted by molar-refractivity contribution is 5.78.